The van der Waals surface area contributed by atoms with Crippen LogP contribution in [0.15, 0.2) is 17.3 Å². The number of carboxylic acid groups (broad SMARTS) is 2. The van der Waals surface area contributed by atoms with E-state index in [1.54, 1.807) is 7.05 Å². The first kappa shape index (κ1) is 26.9. The Morgan fingerprint density at radius 2 is 1.31 bits per heavy atom. The van der Waals surface area contributed by atoms with Crippen molar-refractivity contribution >= 4 is 27.7 Å². The molecule has 176 valence electrons. The molecular weight excluding hydrogens is 438 g/mol. The molecule has 3 N–H and O–H groups in total. The van der Waals surface area contributed by atoms with E-state index < -0.39 is 26.9 Å². The van der Waals surface area contributed by atoms with Crippen LogP contribution in [0.4, 0.5) is 5.95 Å². The van der Waals surface area contributed by atoms with E-state index in [9.17, 15) is 18.0 Å². The van der Waals surface area contributed by atoms with Crippen LogP contribution >= 0.6 is 0 Å². The van der Waals surface area contributed by atoms with E-state index in [0.29, 0.717) is 24.0 Å². The van der Waals surface area contributed by atoms with Gasteiger partial charge in [-0.15, -0.1) is 0 Å². The summed E-state index contributed by atoms with van der Waals surface area (Å²) in [6, 6.07) is 2.82. The van der Waals surface area contributed by atoms with Gasteiger partial charge in [0.25, 0.3) is 0 Å². The van der Waals surface area contributed by atoms with Crippen molar-refractivity contribution in [2.45, 2.75) is 45.7 Å². The van der Waals surface area contributed by atoms with Crippen LogP contribution in [0.2, 0.25) is 0 Å². The summed E-state index contributed by atoms with van der Waals surface area (Å²) in [6.07, 6.45) is 2.20. The largest absolute Gasteiger partial charge is 0.477 e. The number of carbonyl (C=O) groups is 2. The lowest BCUT2D eigenvalue weighted by atomic mass is 10.1. The molecule has 11 nitrogen and oxygen atoms in total. The first-order chi connectivity index (χ1) is 14.7. The van der Waals surface area contributed by atoms with Crippen molar-refractivity contribution < 1.29 is 28.2 Å². The highest BCUT2D eigenvalue weighted by Gasteiger charge is 2.17. The Morgan fingerprint density at radius 1 is 0.875 bits per heavy atom. The molecule has 0 aromatic carbocycles. The van der Waals surface area contributed by atoms with Gasteiger partial charge in [-0.3, -0.25) is 0 Å². The molecule has 0 fully saturated rings. The van der Waals surface area contributed by atoms with Crippen LogP contribution in [0.1, 0.15) is 60.1 Å². The van der Waals surface area contributed by atoms with Crippen molar-refractivity contribution in [1.29, 1.82) is 0 Å². The van der Waals surface area contributed by atoms with E-state index in [1.807, 2.05) is 13.8 Å². The fourth-order valence-electron chi connectivity index (χ4n) is 2.51. The zero-order chi connectivity index (χ0) is 24.6. The minimum atomic E-state index is -3.60. The standard InChI is InChI=1S/C10H15N3O2.C10H14N2O4S/c1-6(2)4-7-5-8(9(14)15)13-10(11-3)12-7;1-6(2)4-7-5-8(9(13)14)12-10(11-7)17(3,15)16/h5-6H,4H2,1-3H3,(H,14,15)(H,11,12,13);5-6H,4H2,1-3H3,(H,13,14). The van der Waals surface area contributed by atoms with Gasteiger partial charge in [-0.25, -0.2) is 37.9 Å². The Kier molecular flexibility index (Phi) is 9.63. The number of aromatic carboxylic acids is 2. The van der Waals surface area contributed by atoms with Crippen molar-refractivity contribution in [2.24, 2.45) is 11.8 Å². The van der Waals surface area contributed by atoms with Gasteiger partial charge in [-0.1, -0.05) is 27.7 Å². The van der Waals surface area contributed by atoms with Crippen molar-refractivity contribution in [3.63, 3.8) is 0 Å². The second kappa shape index (κ2) is 11.5. The topological polar surface area (TPSA) is 172 Å². The normalized spacial score (nSPS) is 11.1. The van der Waals surface area contributed by atoms with Crippen LogP contribution in [0, 0.1) is 11.8 Å². The predicted octanol–water partition coefficient (Wildman–Crippen LogP) is 2.19. The number of hydrogen-bond donors (Lipinski definition) is 3. The molecule has 0 unspecified atom stereocenters. The van der Waals surface area contributed by atoms with Gasteiger partial charge in [-0.2, -0.15) is 0 Å². The van der Waals surface area contributed by atoms with Crippen molar-refractivity contribution in [3.8, 4) is 0 Å². The van der Waals surface area contributed by atoms with Gasteiger partial charge in [0.05, 0.1) is 0 Å². The SMILES string of the molecule is CC(C)Cc1cc(C(=O)O)nc(S(C)(=O)=O)n1.CNc1nc(CC(C)C)cc(C(=O)O)n1. The average molecular weight is 468 g/mol. The molecule has 0 spiro atoms. The molecule has 2 heterocycles. The van der Waals surface area contributed by atoms with Gasteiger partial charge in [0.1, 0.15) is 0 Å². The van der Waals surface area contributed by atoms with Crippen LogP contribution < -0.4 is 5.32 Å². The molecule has 0 aliphatic rings. The molecular formula is C20H29N5O6S. The highest BCUT2D eigenvalue weighted by Crippen LogP contribution is 2.11. The minimum absolute atomic E-state index is 0.0324. The van der Waals surface area contributed by atoms with Crippen LogP contribution in [0.5, 0.6) is 0 Å². The Labute approximate surface area is 187 Å². The average Bonchev–Trinajstić information content (AvgIpc) is 2.66. The zero-order valence-corrected chi connectivity index (χ0v) is 19.8. The number of rotatable bonds is 8. The van der Waals surface area contributed by atoms with Crippen LogP contribution in [-0.4, -0.2) is 63.8 Å². The van der Waals surface area contributed by atoms with Gasteiger partial charge in [-0.05, 0) is 36.8 Å². The fourth-order valence-corrected chi connectivity index (χ4v) is 3.06. The number of carboxylic acids is 2. The maximum Gasteiger partial charge on any atom is 0.354 e. The highest BCUT2D eigenvalue weighted by atomic mass is 32.2. The summed E-state index contributed by atoms with van der Waals surface area (Å²) in [7, 11) is -1.94. The molecule has 0 bridgehead atoms. The Morgan fingerprint density at radius 3 is 1.69 bits per heavy atom. The molecule has 0 aliphatic carbocycles. The van der Waals surface area contributed by atoms with Gasteiger partial charge in [0.2, 0.25) is 20.9 Å². The third kappa shape index (κ3) is 8.92. The van der Waals surface area contributed by atoms with E-state index >= 15 is 0 Å². The molecule has 0 saturated heterocycles. The molecule has 12 heteroatoms. The van der Waals surface area contributed by atoms with E-state index in [0.717, 1.165) is 18.4 Å². The predicted molar refractivity (Wildman–Crippen MR) is 118 cm³/mol. The Hall–Kier alpha value is -3.15. The first-order valence-corrected chi connectivity index (χ1v) is 11.7. The van der Waals surface area contributed by atoms with Crippen molar-refractivity contribution in [1.82, 2.24) is 19.9 Å². The maximum atomic E-state index is 11.3. The number of anilines is 1. The van der Waals surface area contributed by atoms with E-state index in [4.69, 9.17) is 10.2 Å². The first-order valence-electron chi connectivity index (χ1n) is 9.83. The highest BCUT2D eigenvalue weighted by molar-refractivity contribution is 7.90. The molecule has 2 aromatic heterocycles. The number of nitrogens with one attached hydrogen (secondary N) is 1. The smallest absolute Gasteiger partial charge is 0.354 e. The van der Waals surface area contributed by atoms with Gasteiger partial charge >= 0.3 is 11.9 Å². The number of aromatic nitrogens is 4. The summed E-state index contributed by atoms with van der Waals surface area (Å²) in [5.74, 6) is -1.25. The molecule has 0 saturated carbocycles. The second-order valence-electron chi connectivity index (χ2n) is 7.92. The summed E-state index contributed by atoms with van der Waals surface area (Å²) in [6.45, 7) is 7.98. The fraction of sp³-hybridized carbons (Fsp3) is 0.500. The third-order valence-electron chi connectivity index (χ3n) is 3.77. The molecule has 32 heavy (non-hydrogen) atoms. The Bertz CT molecular complexity index is 1070. The molecule has 0 aliphatic heterocycles. The van der Waals surface area contributed by atoms with Gasteiger partial charge in [0.15, 0.2) is 11.4 Å². The number of sulfone groups is 1. The van der Waals surface area contributed by atoms with Crippen LogP contribution in [0.25, 0.3) is 0 Å². The summed E-state index contributed by atoms with van der Waals surface area (Å²) in [5, 5.41) is 20.0. The van der Waals surface area contributed by atoms with E-state index in [1.165, 1.54) is 12.1 Å². The molecule has 0 radical (unpaired) electrons. The molecule has 2 rings (SSSR count). The lowest BCUT2D eigenvalue weighted by Crippen LogP contribution is -2.12. The summed E-state index contributed by atoms with van der Waals surface area (Å²) in [5.41, 5.74) is 0.913. The monoisotopic (exact) mass is 467 g/mol. The number of nitrogens with zero attached hydrogens (tertiary/aromatic N) is 4. The molecule has 0 amide bonds. The maximum absolute atomic E-state index is 11.3. The summed E-state index contributed by atoms with van der Waals surface area (Å²) in [4.78, 5) is 37.0. The van der Waals surface area contributed by atoms with Crippen molar-refractivity contribution in [2.75, 3.05) is 18.6 Å². The summed E-state index contributed by atoms with van der Waals surface area (Å²) >= 11 is 0. The van der Waals surface area contributed by atoms with Gasteiger partial charge in [0, 0.05) is 24.7 Å². The zero-order valence-electron chi connectivity index (χ0n) is 18.9. The molecule has 2 aromatic rings. The third-order valence-corrected chi connectivity index (χ3v) is 4.61. The second-order valence-corrected chi connectivity index (χ2v) is 9.83. The molecule has 0 atom stereocenters. The lowest BCUT2D eigenvalue weighted by molar-refractivity contribution is 0.0679. The van der Waals surface area contributed by atoms with Crippen LogP contribution in [-0.2, 0) is 22.7 Å². The van der Waals surface area contributed by atoms with E-state index in [2.05, 4.69) is 39.1 Å². The van der Waals surface area contributed by atoms with E-state index in [-0.39, 0.29) is 17.3 Å². The van der Waals surface area contributed by atoms with Crippen LogP contribution in [0.3, 0.4) is 0 Å². The summed E-state index contributed by atoms with van der Waals surface area (Å²) < 4.78 is 22.7. The van der Waals surface area contributed by atoms with Gasteiger partial charge < -0.3 is 15.5 Å². The Balaban J connectivity index is 0.000000323. The number of hydrogen-bond acceptors (Lipinski definition) is 9. The van der Waals surface area contributed by atoms with Crippen molar-refractivity contribution in [3.05, 3.63) is 34.9 Å². The lowest BCUT2D eigenvalue weighted by Gasteiger charge is -2.07. The quantitative estimate of drug-likeness (QED) is 0.486. The minimum Gasteiger partial charge on any atom is -0.477 e.